The molecule has 6 nitrogen and oxygen atoms in total. The van der Waals surface area contributed by atoms with Gasteiger partial charge in [0.1, 0.15) is 0 Å². The summed E-state index contributed by atoms with van der Waals surface area (Å²) in [7, 11) is 2.11. The van der Waals surface area contributed by atoms with Gasteiger partial charge in [-0.05, 0) is 47.8 Å². The van der Waals surface area contributed by atoms with Gasteiger partial charge in [0.2, 0.25) is 0 Å². The molecular formula is C41H33N6Pt-3. The van der Waals surface area contributed by atoms with Gasteiger partial charge in [0.15, 0.2) is 0 Å². The van der Waals surface area contributed by atoms with E-state index >= 15 is 0 Å². The molecule has 240 valence electrons. The number of anilines is 1. The maximum absolute atomic E-state index is 4.54. The summed E-state index contributed by atoms with van der Waals surface area (Å²) in [6.07, 6.45) is 5.98. The molecule has 9 rings (SSSR count). The summed E-state index contributed by atoms with van der Waals surface area (Å²) in [5.74, 6) is 1.08. The van der Waals surface area contributed by atoms with Crippen LogP contribution in [0.25, 0.3) is 60.8 Å². The van der Waals surface area contributed by atoms with Crippen LogP contribution in [0.15, 0.2) is 122 Å². The van der Waals surface area contributed by atoms with Gasteiger partial charge in [0.05, 0.1) is 16.9 Å². The molecule has 0 spiro atoms. The monoisotopic (exact) mass is 804 g/mol. The Morgan fingerprint density at radius 2 is 1.25 bits per heavy atom. The second kappa shape index (κ2) is 11.3. The molecule has 0 aliphatic carbocycles. The van der Waals surface area contributed by atoms with E-state index in [1.807, 2.05) is 23.1 Å². The Balaban J connectivity index is 0.00000336. The van der Waals surface area contributed by atoms with Crippen molar-refractivity contribution in [1.29, 1.82) is 0 Å². The van der Waals surface area contributed by atoms with E-state index in [1.54, 1.807) is 0 Å². The predicted octanol–water partition coefficient (Wildman–Crippen LogP) is 9.30. The summed E-state index contributed by atoms with van der Waals surface area (Å²) in [6, 6.07) is 44.2. The Morgan fingerprint density at radius 1 is 0.646 bits per heavy atom. The molecule has 1 aliphatic rings. The van der Waals surface area contributed by atoms with Crippen molar-refractivity contribution in [3.05, 3.63) is 146 Å². The van der Waals surface area contributed by atoms with Crippen LogP contribution in [0.1, 0.15) is 26.3 Å². The minimum absolute atomic E-state index is 0. The zero-order valence-electron chi connectivity index (χ0n) is 27.1. The average Bonchev–Trinajstić information content (AvgIpc) is 3.88. The maximum atomic E-state index is 4.54. The summed E-state index contributed by atoms with van der Waals surface area (Å²) in [6.45, 7) is 8.87. The Hall–Kier alpha value is -5.06. The Kier molecular flexibility index (Phi) is 7.12. The number of aromatic nitrogens is 4. The molecule has 0 radical (unpaired) electrons. The van der Waals surface area contributed by atoms with Gasteiger partial charge in [-0.3, -0.25) is 9.25 Å². The number of nitrogens with zero attached hydrogens (tertiary/aromatic N) is 6. The van der Waals surface area contributed by atoms with Crippen LogP contribution in [0.4, 0.5) is 5.69 Å². The molecule has 0 atom stereocenters. The van der Waals surface area contributed by atoms with E-state index in [0.29, 0.717) is 0 Å². The van der Waals surface area contributed by atoms with Crippen LogP contribution in [0, 0.1) is 18.8 Å². The molecule has 0 unspecified atom stereocenters. The first-order valence-corrected chi connectivity index (χ1v) is 16.0. The largest absolute Gasteiger partial charge is 0.498 e. The molecule has 0 bridgehead atoms. The van der Waals surface area contributed by atoms with Gasteiger partial charge in [0.25, 0.3) is 0 Å². The van der Waals surface area contributed by atoms with E-state index in [-0.39, 0.29) is 26.5 Å². The second-order valence-corrected chi connectivity index (χ2v) is 13.3. The molecule has 0 fully saturated rings. The van der Waals surface area contributed by atoms with E-state index in [1.165, 1.54) is 32.8 Å². The minimum atomic E-state index is -0.0670. The van der Waals surface area contributed by atoms with E-state index in [0.717, 1.165) is 39.3 Å². The van der Waals surface area contributed by atoms with Gasteiger partial charge >= 0.3 is 0 Å². The molecule has 1 aliphatic heterocycles. The van der Waals surface area contributed by atoms with Crippen LogP contribution < -0.4 is 4.90 Å². The molecule has 0 saturated carbocycles. The van der Waals surface area contributed by atoms with Crippen molar-refractivity contribution in [3.63, 3.8) is 0 Å². The summed E-state index contributed by atoms with van der Waals surface area (Å²) in [4.78, 5) is 4.36. The van der Waals surface area contributed by atoms with Crippen molar-refractivity contribution in [2.24, 2.45) is 0 Å². The Labute approximate surface area is 294 Å². The minimum Gasteiger partial charge on any atom is -0.498 e. The van der Waals surface area contributed by atoms with Gasteiger partial charge in [-0.15, -0.1) is 47.0 Å². The zero-order chi connectivity index (χ0) is 31.9. The quantitative estimate of drug-likeness (QED) is 0.167. The van der Waals surface area contributed by atoms with Crippen molar-refractivity contribution < 1.29 is 21.1 Å². The molecule has 0 saturated heterocycles. The third kappa shape index (κ3) is 4.69. The van der Waals surface area contributed by atoms with Gasteiger partial charge in [-0.2, -0.15) is 17.8 Å². The second-order valence-electron chi connectivity index (χ2n) is 13.3. The summed E-state index contributed by atoms with van der Waals surface area (Å²) in [5, 5.41) is 9.37. The van der Waals surface area contributed by atoms with Gasteiger partial charge in [-0.25, -0.2) is 0 Å². The molecule has 4 heterocycles. The van der Waals surface area contributed by atoms with Crippen LogP contribution in [0.2, 0.25) is 0 Å². The molecule has 8 aromatic rings. The van der Waals surface area contributed by atoms with Gasteiger partial charge < -0.3 is 14.4 Å². The fraction of sp³-hybridized carbons (Fsp3) is 0.122. The zero-order valence-corrected chi connectivity index (χ0v) is 29.4. The summed E-state index contributed by atoms with van der Waals surface area (Å²) < 4.78 is 6.53. The molecule has 48 heavy (non-hydrogen) atoms. The summed E-state index contributed by atoms with van der Waals surface area (Å²) >= 11 is 0. The molecular weight excluding hydrogens is 772 g/mol. The van der Waals surface area contributed by atoms with E-state index < -0.39 is 0 Å². The van der Waals surface area contributed by atoms with Crippen LogP contribution in [0.5, 0.6) is 0 Å². The third-order valence-corrected chi connectivity index (χ3v) is 9.27. The van der Waals surface area contributed by atoms with Crippen molar-refractivity contribution in [2.45, 2.75) is 26.2 Å². The van der Waals surface area contributed by atoms with Crippen molar-refractivity contribution in [1.82, 2.24) is 23.8 Å². The fourth-order valence-corrected chi connectivity index (χ4v) is 6.92. The van der Waals surface area contributed by atoms with Crippen molar-refractivity contribution in [3.8, 4) is 11.4 Å². The standard InChI is InChI=1S/C41H33N6.Pt/c1-41(2,3)28-22-30(45-21-11-20-42-45)24-31(23-28)46-36-15-8-5-14-34(36)35-19-18-29(25-39(35)46)44-26-40(43(4)27-44)47-37-16-9-6-12-32(37)33-13-7-10-17-38(33)47;/h5-23,26-27H,1-4H3;/q-3;. The Bertz CT molecular complexity index is 2460. The fourth-order valence-electron chi connectivity index (χ4n) is 6.92. The SMILES string of the molecule is CN1[CH-]N(c2[c-]c3c(cc2)c2ccccc2n3-c2[c-]c(-n3cccn3)cc(C(C)(C)C)c2)C=C1n1c2ccccc2c2ccccc21.[Pt]. The van der Waals surface area contributed by atoms with Crippen molar-refractivity contribution >= 4 is 55.1 Å². The van der Waals surface area contributed by atoms with E-state index in [9.17, 15) is 0 Å². The normalized spacial score (nSPS) is 13.6. The summed E-state index contributed by atoms with van der Waals surface area (Å²) in [5.41, 5.74) is 8.48. The van der Waals surface area contributed by atoms with Crippen LogP contribution in [-0.2, 0) is 26.5 Å². The number of hydrogen-bond acceptors (Lipinski definition) is 3. The van der Waals surface area contributed by atoms with Crippen LogP contribution >= 0.6 is 0 Å². The smallest absolute Gasteiger partial charge is 0.0987 e. The van der Waals surface area contributed by atoms with Crippen LogP contribution in [-0.4, -0.2) is 30.9 Å². The third-order valence-electron chi connectivity index (χ3n) is 9.27. The predicted molar refractivity (Wildman–Crippen MR) is 193 cm³/mol. The van der Waals surface area contributed by atoms with E-state index in [2.05, 4.69) is 174 Å². The molecule has 3 aromatic heterocycles. The Morgan fingerprint density at radius 3 is 1.88 bits per heavy atom. The molecule has 0 amide bonds. The first-order chi connectivity index (χ1) is 22.8. The topological polar surface area (TPSA) is 34.2 Å². The molecule has 0 N–H and O–H groups in total. The number of fused-ring (bicyclic) bond motifs is 6. The van der Waals surface area contributed by atoms with Gasteiger partial charge in [-0.1, -0.05) is 86.6 Å². The first-order valence-electron chi connectivity index (χ1n) is 16.0. The molecule has 7 heteroatoms. The van der Waals surface area contributed by atoms with Crippen molar-refractivity contribution in [2.75, 3.05) is 11.9 Å². The first kappa shape index (κ1) is 30.3. The van der Waals surface area contributed by atoms with Crippen LogP contribution in [0.3, 0.4) is 0 Å². The molecule has 5 aromatic carbocycles. The number of para-hydroxylation sites is 3. The average molecular weight is 805 g/mol. The van der Waals surface area contributed by atoms with Gasteiger partial charge in [0, 0.05) is 55.9 Å². The maximum Gasteiger partial charge on any atom is 0.0987 e. The van der Waals surface area contributed by atoms with E-state index in [4.69, 9.17) is 0 Å². The number of hydrogen-bond donors (Lipinski definition) is 0. The number of rotatable bonds is 4. The number of benzene rings is 5.